The Hall–Kier alpha value is -2.90. The number of hydrogen-bond acceptors (Lipinski definition) is 4. The summed E-state index contributed by atoms with van der Waals surface area (Å²) in [6.07, 6.45) is 10.1. The Labute approximate surface area is 221 Å². The van der Waals surface area contributed by atoms with Crippen LogP contribution in [0.25, 0.3) is 17.0 Å². The predicted octanol–water partition coefficient (Wildman–Crippen LogP) is 5.71. The normalized spacial score (nSPS) is 17.6. The van der Waals surface area contributed by atoms with Gasteiger partial charge in [0.2, 0.25) is 5.91 Å². The van der Waals surface area contributed by atoms with Crippen molar-refractivity contribution >= 4 is 57.1 Å². The summed E-state index contributed by atoms with van der Waals surface area (Å²) in [5.74, 6) is -0.00375. The fourth-order valence-corrected chi connectivity index (χ4v) is 6.51. The van der Waals surface area contributed by atoms with Gasteiger partial charge in [0.1, 0.15) is 10.9 Å². The second-order valence-electron chi connectivity index (χ2n) is 9.50. The van der Waals surface area contributed by atoms with Gasteiger partial charge in [-0.1, -0.05) is 92.3 Å². The Kier molecular flexibility index (Phi) is 7.58. The van der Waals surface area contributed by atoms with Crippen molar-refractivity contribution in [1.29, 1.82) is 0 Å². The second-order valence-corrected chi connectivity index (χ2v) is 11.2. The van der Waals surface area contributed by atoms with Crippen LogP contribution in [0, 0.1) is 0 Å². The van der Waals surface area contributed by atoms with Crippen LogP contribution in [0.2, 0.25) is 0 Å². The van der Waals surface area contributed by atoms with E-state index in [9.17, 15) is 9.59 Å². The lowest BCUT2D eigenvalue weighted by Crippen LogP contribution is -2.35. The van der Waals surface area contributed by atoms with Crippen molar-refractivity contribution in [2.45, 2.75) is 58.0 Å². The summed E-state index contributed by atoms with van der Waals surface area (Å²) in [4.78, 5) is 28.4. The standard InChI is InChI=1S/C29H31N3O2S2/c1-2-21-11-8-14-24-22(18-31(27(21)24)19-26(33)30-23-12-6-7-13-23)17-25-28(34)32(29(35)36-25)16-15-20-9-4-3-5-10-20/h3-5,8-11,14,17-18,23H,2,6-7,12-13,15-16,19H2,1H3,(H,30,33)/b25-17-. The molecule has 2 aliphatic rings. The minimum absolute atomic E-state index is 0.0449. The van der Waals surface area contributed by atoms with Crippen molar-refractivity contribution in [3.8, 4) is 0 Å². The molecule has 0 atom stereocenters. The summed E-state index contributed by atoms with van der Waals surface area (Å²) in [6.45, 7) is 2.97. The number of hydrogen-bond donors (Lipinski definition) is 1. The van der Waals surface area contributed by atoms with Gasteiger partial charge in [-0.25, -0.2) is 0 Å². The van der Waals surface area contributed by atoms with E-state index in [1.54, 1.807) is 4.90 Å². The van der Waals surface area contributed by atoms with Crippen molar-refractivity contribution in [3.63, 3.8) is 0 Å². The summed E-state index contributed by atoms with van der Waals surface area (Å²) >= 11 is 6.92. The lowest BCUT2D eigenvalue weighted by Gasteiger charge is -2.14. The SMILES string of the molecule is CCc1cccc2c(/C=C3\SC(=S)N(CCc4ccccc4)C3=O)cn(CC(=O)NC3CCCC3)c12. The van der Waals surface area contributed by atoms with Gasteiger partial charge >= 0.3 is 0 Å². The fraction of sp³-hybridized carbons (Fsp3) is 0.345. The number of rotatable bonds is 8. The summed E-state index contributed by atoms with van der Waals surface area (Å²) in [5, 5.41) is 4.25. The number of aryl methyl sites for hydroxylation is 1. The van der Waals surface area contributed by atoms with E-state index in [1.807, 2.05) is 41.1 Å². The number of para-hydroxylation sites is 1. The van der Waals surface area contributed by atoms with Crippen molar-refractivity contribution in [2.75, 3.05) is 6.54 Å². The van der Waals surface area contributed by atoms with Crippen molar-refractivity contribution in [2.24, 2.45) is 0 Å². The molecule has 0 spiro atoms. The third-order valence-electron chi connectivity index (χ3n) is 7.05. The Balaban J connectivity index is 1.40. The first-order valence-corrected chi connectivity index (χ1v) is 14.0. The van der Waals surface area contributed by atoms with Crippen LogP contribution >= 0.6 is 24.0 Å². The third kappa shape index (κ3) is 5.27. The third-order valence-corrected chi connectivity index (χ3v) is 8.43. The zero-order valence-corrected chi connectivity index (χ0v) is 22.2. The molecule has 1 aliphatic heterocycles. The molecule has 1 aromatic heterocycles. The number of carbonyl (C=O) groups is 2. The number of thioether (sulfide) groups is 1. The van der Waals surface area contributed by atoms with Crippen LogP contribution in [-0.4, -0.2) is 38.2 Å². The van der Waals surface area contributed by atoms with Crippen molar-refractivity contribution in [3.05, 3.63) is 76.3 Å². The maximum absolute atomic E-state index is 13.3. The molecule has 186 valence electrons. The maximum atomic E-state index is 13.3. The predicted molar refractivity (Wildman–Crippen MR) is 152 cm³/mol. The van der Waals surface area contributed by atoms with E-state index in [4.69, 9.17) is 12.2 Å². The molecular formula is C29H31N3O2S2. The molecule has 1 N–H and O–H groups in total. The number of nitrogens with zero attached hydrogens (tertiary/aromatic N) is 2. The number of nitrogens with one attached hydrogen (secondary N) is 1. The molecule has 1 saturated carbocycles. The summed E-state index contributed by atoms with van der Waals surface area (Å²) in [6, 6.07) is 16.7. The molecule has 5 nitrogen and oxygen atoms in total. The summed E-state index contributed by atoms with van der Waals surface area (Å²) < 4.78 is 2.64. The van der Waals surface area contributed by atoms with Gasteiger partial charge in [0, 0.05) is 29.7 Å². The smallest absolute Gasteiger partial charge is 0.266 e. The quantitative estimate of drug-likeness (QED) is 0.307. The van der Waals surface area contributed by atoms with E-state index in [1.165, 1.54) is 35.7 Å². The van der Waals surface area contributed by atoms with Crippen LogP contribution in [-0.2, 0) is 29.0 Å². The van der Waals surface area contributed by atoms with E-state index in [2.05, 4.69) is 36.5 Å². The molecule has 3 aromatic rings. The van der Waals surface area contributed by atoms with Crippen LogP contribution in [0.1, 0.15) is 49.3 Å². The number of benzene rings is 2. The molecule has 2 aromatic carbocycles. The molecule has 2 amide bonds. The van der Waals surface area contributed by atoms with Gasteiger partial charge in [-0.15, -0.1) is 0 Å². The van der Waals surface area contributed by atoms with E-state index >= 15 is 0 Å². The average molecular weight is 518 g/mol. The van der Waals surface area contributed by atoms with Crippen LogP contribution in [0.4, 0.5) is 0 Å². The molecule has 0 unspecified atom stereocenters. The molecule has 7 heteroatoms. The monoisotopic (exact) mass is 517 g/mol. The largest absolute Gasteiger partial charge is 0.352 e. The van der Waals surface area contributed by atoms with E-state index < -0.39 is 0 Å². The van der Waals surface area contributed by atoms with E-state index in [-0.39, 0.29) is 18.4 Å². The number of fused-ring (bicyclic) bond motifs is 1. The van der Waals surface area contributed by atoms with Crippen LogP contribution in [0.15, 0.2) is 59.6 Å². The van der Waals surface area contributed by atoms with E-state index in [0.29, 0.717) is 21.8 Å². The molecule has 1 aliphatic carbocycles. The van der Waals surface area contributed by atoms with Crippen molar-refractivity contribution < 1.29 is 9.59 Å². The van der Waals surface area contributed by atoms with Gasteiger partial charge in [0.05, 0.1) is 10.4 Å². The van der Waals surface area contributed by atoms with Gasteiger partial charge in [0.25, 0.3) is 5.91 Å². The number of thiocarbonyl (C=S) groups is 1. The molecule has 2 fully saturated rings. The Morgan fingerprint density at radius 2 is 1.92 bits per heavy atom. The summed E-state index contributed by atoms with van der Waals surface area (Å²) in [5.41, 5.74) is 4.38. The first-order chi connectivity index (χ1) is 17.5. The molecular weight excluding hydrogens is 486 g/mol. The number of amides is 2. The molecule has 5 rings (SSSR count). The molecule has 2 heterocycles. The van der Waals surface area contributed by atoms with E-state index in [0.717, 1.165) is 42.1 Å². The average Bonchev–Trinajstić information content (AvgIpc) is 3.58. The lowest BCUT2D eigenvalue weighted by atomic mass is 10.1. The minimum Gasteiger partial charge on any atom is -0.352 e. The van der Waals surface area contributed by atoms with Gasteiger partial charge in [-0.05, 0) is 42.9 Å². The highest BCUT2D eigenvalue weighted by Gasteiger charge is 2.32. The highest BCUT2D eigenvalue weighted by Crippen LogP contribution is 2.35. The van der Waals surface area contributed by atoms with Crippen LogP contribution in [0.5, 0.6) is 0 Å². The van der Waals surface area contributed by atoms with Gasteiger partial charge < -0.3 is 9.88 Å². The summed E-state index contributed by atoms with van der Waals surface area (Å²) in [7, 11) is 0. The van der Waals surface area contributed by atoms with Gasteiger partial charge in [-0.3, -0.25) is 14.5 Å². The first-order valence-electron chi connectivity index (χ1n) is 12.7. The van der Waals surface area contributed by atoms with Crippen LogP contribution < -0.4 is 5.32 Å². The van der Waals surface area contributed by atoms with Crippen LogP contribution in [0.3, 0.4) is 0 Å². The Bertz CT molecular complexity index is 1320. The van der Waals surface area contributed by atoms with Gasteiger partial charge in [0.15, 0.2) is 0 Å². The molecule has 36 heavy (non-hydrogen) atoms. The molecule has 0 radical (unpaired) electrons. The highest BCUT2D eigenvalue weighted by molar-refractivity contribution is 8.26. The zero-order valence-electron chi connectivity index (χ0n) is 20.5. The Morgan fingerprint density at radius 3 is 2.67 bits per heavy atom. The molecule has 1 saturated heterocycles. The number of aromatic nitrogens is 1. The zero-order chi connectivity index (χ0) is 25.1. The van der Waals surface area contributed by atoms with Crippen molar-refractivity contribution in [1.82, 2.24) is 14.8 Å². The topological polar surface area (TPSA) is 54.3 Å². The highest BCUT2D eigenvalue weighted by atomic mass is 32.2. The maximum Gasteiger partial charge on any atom is 0.266 e. The second kappa shape index (κ2) is 11.0. The van der Waals surface area contributed by atoms with Gasteiger partial charge in [-0.2, -0.15) is 0 Å². The minimum atomic E-state index is -0.0487. The number of carbonyl (C=O) groups excluding carboxylic acids is 2. The molecule has 0 bridgehead atoms. The Morgan fingerprint density at radius 1 is 1.14 bits per heavy atom. The first kappa shape index (κ1) is 24.8. The fourth-order valence-electron chi connectivity index (χ4n) is 5.21. The lowest BCUT2D eigenvalue weighted by molar-refractivity contribution is -0.123.